The Morgan fingerprint density at radius 3 is 2.76 bits per heavy atom. The summed E-state index contributed by atoms with van der Waals surface area (Å²) in [5.74, 6) is 0.159. The number of amides is 2. The van der Waals surface area contributed by atoms with Gasteiger partial charge in [0.05, 0.1) is 0 Å². The minimum Gasteiger partial charge on any atom is -0.444 e. The minimum atomic E-state index is -0.506. The lowest BCUT2D eigenvalue weighted by Gasteiger charge is -2.20. The maximum Gasteiger partial charge on any atom is 0.407 e. The Balaban J connectivity index is 1.95. The van der Waals surface area contributed by atoms with E-state index in [0.717, 1.165) is 24.2 Å². The average Bonchev–Trinajstić information content (AvgIpc) is 2.81. The molecule has 1 fully saturated rings. The van der Waals surface area contributed by atoms with Gasteiger partial charge in [-0.3, -0.25) is 4.79 Å². The zero-order chi connectivity index (χ0) is 15.5. The molecule has 0 atom stereocenters. The van der Waals surface area contributed by atoms with Gasteiger partial charge in [0.1, 0.15) is 5.60 Å². The Kier molecular flexibility index (Phi) is 4.50. The summed E-state index contributed by atoms with van der Waals surface area (Å²) in [4.78, 5) is 25.2. The summed E-state index contributed by atoms with van der Waals surface area (Å²) in [5, 5.41) is 2.72. The molecule has 2 rings (SSSR count). The summed E-state index contributed by atoms with van der Waals surface area (Å²) in [6, 6.07) is 7.66. The second-order valence-corrected chi connectivity index (χ2v) is 6.17. The van der Waals surface area contributed by atoms with Gasteiger partial charge in [-0.15, -0.1) is 0 Å². The first-order valence-corrected chi connectivity index (χ1v) is 7.21. The molecule has 1 aromatic carbocycles. The Bertz CT molecular complexity index is 535. The van der Waals surface area contributed by atoms with Gasteiger partial charge >= 0.3 is 6.09 Å². The van der Waals surface area contributed by atoms with Gasteiger partial charge < -0.3 is 15.0 Å². The first-order valence-electron chi connectivity index (χ1n) is 7.21. The molecule has 0 radical (unpaired) electrons. The molecule has 1 N–H and O–H groups in total. The lowest BCUT2D eigenvalue weighted by atomic mass is 10.2. The van der Waals surface area contributed by atoms with E-state index in [0.29, 0.717) is 13.0 Å². The molecule has 2 amide bonds. The Morgan fingerprint density at radius 2 is 2.14 bits per heavy atom. The molecular formula is C16H22N2O3. The summed E-state index contributed by atoms with van der Waals surface area (Å²) in [7, 11) is 0. The van der Waals surface area contributed by atoms with Crippen LogP contribution in [0.4, 0.5) is 10.5 Å². The highest BCUT2D eigenvalue weighted by Crippen LogP contribution is 2.22. The molecule has 1 aliphatic heterocycles. The van der Waals surface area contributed by atoms with Crippen molar-refractivity contribution < 1.29 is 14.3 Å². The fourth-order valence-electron chi connectivity index (χ4n) is 2.24. The second kappa shape index (κ2) is 6.16. The predicted molar refractivity (Wildman–Crippen MR) is 81.1 cm³/mol. The SMILES string of the molecule is CC(C)(C)OC(=O)NCc1cccc(N2CCCC2=O)c1. The van der Waals surface area contributed by atoms with Crippen molar-refractivity contribution in [2.24, 2.45) is 0 Å². The van der Waals surface area contributed by atoms with Crippen molar-refractivity contribution in [3.05, 3.63) is 29.8 Å². The van der Waals surface area contributed by atoms with Crippen molar-refractivity contribution in [3.8, 4) is 0 Å². The summed E-state index contributed by atoms with van der Waals surface area (Å²) in [6.45, 7) is 6.62. The predicted octanol–water partition coefficient (Wildman–Crippen LogP) is 2.84. The number of hydrogen-bond donors (Lipinski definition) is 1. The van der Waals surface area contributed by atoms with E-state index in [1.807, 2.05) is 45.0 Å². The van der Waals surface area contributed by atoms with Gasteiger partial charge in [-0.05, 0) is 44.9 Å². The zero-order valence-corrected chi connectivity index (χ0v) is 12.8. The molecule has 5 nitrogen and oxygen atoms in total. The Morgan fingerprint density at radius 1 is 1.38 bits per heavy atom. The van der Waals surface area contributed by atoms with Crippen LogP contribution in [0.15, 0.2) is 24.3 Å². The van der Waals surface area contributed by atoms with Gasteiger partial charge in [0, 0.05) is 25.2 Å². The van der Waals surface area contributed by atoms with Crippen LogP contribution in [-0.4, -0.2) is 24.1 Å². The summed E-state index contributed by atoms with van der Waals surface area (Å²) >= 11 is 0. The number of hydrogen-bond acceptors (Lipinski definition) is 3. The topological polar surface area (TPSA) is 58.6 Å². The highest BCUT2D eigenvalue weighted by Gasteiger charge is 2.21. The molecule has 114 valence electrons. The number of benzene rings is 1. The normalized spacial score (nSPS) is 15.2. The number of nitrogens with one attached hydrogen (secondary N) is 1. The standard InChI is InChI=1S/C16H22N2O3/c1-16(2,3)21-15(20)17-11-12-6-4-7-13(10-12)18-9-5-8-14(18)19/h4,6-7,10H,5,8-9,11H2,1-3H3,(H,17,20). The van der Waals surface area contributed by atoms with Crippen LogP contribution >= 0.6 is 0 Å². The lowest BCUT2D eigenvalue weighted by molar-refractivity contribution is -0.117. The van der Waals surface area contributed by atoms with Gasteiger partial charge in [0.15, 0.2) is 0 Å². The summed E-state index contributed by atoms with van der Waals surface area (Å²) in [6.07, 6.45) is 1.07. The summed E-state index contributed by atoms with van der Waals surface area (Å²) < 4.78 is 5.19. The van der Waals surface area contributed by atoms with Gasteiger partial charge in [-0.2, -0.15) is 0 Å². The van der Waals surface area contributed by atoms with Crippen molar-refractivity contribution in [1.29, 1.82) is 0 Å². The maximum absolute atomic E-state index is 11.7. The van der Waals surface area contributed by atoms with E-state index in [4.69, 9.17) is 4.74 Å². The molecule has 1 saturated heterocycles. The number of carbonyl (C=O) groups is 2. The van der Waals surface area contributed by atoms with Crippen LogP contribution in [0.2, 0.25) is 0 Å². The van der Waals surface area contributed by atoms with Crippen LogP contribution in [0.1, 0.15) is 39.2 Å². The lowest BCUT2D eigenvalue weighted by Crippen LogP contribution is -2.32. The largest absolute Gasteiger partial charge is 0.444 e. The van der Waals surface area contributed by atoms with E-state index in [1.54, 1.807) is 4.90 Å². The maximum atomic E-state index is 11.7. The molecule has 1 aliphatic rings. The minimum absolute atomic E-state index is 0.159. The molecule has 0 unspecified atom stereocenters. The number of ether oxygens (including phenoxy) is 1. The number of alkyl carbamates (subject to hydrolysis) is 1. The van der Waals surface area contributed by atoms with Crippen molar-refractivity contribution in [2.45, 2.75) is 45.8 Å². The second-order valence-electron chi connectivity index (χ2n) is 6.17. The average molecular weight is 290 g/mol. The highest BCUT2D eigenvalue weighted by molar-refractivity contribution is 5.95. The van der Waals surface area contributed by atoms with Crippen LogP contribution < -0.4 is 10.2 Å². The van der Waals surface area contributed by atoms with Gasteiger partial charge in [0.25, 0.3) is 0 Å². The third-order valence-electron chi connectivity index (χ3n) is 3.13. The van der Waals surface area contributed by atoms with E-state index in [1.165, 1.54) is 0 Å². The van der Waals surface area contributed by atoms with E-state index in [2.05, 4.69) is 5.32 Å². The van der Waals surface area contributed by atoms with E-state index >= 15 is 0 Å². The third-order valence-corrected chi connectivity index (χ3v) is 3.13. The molecule has 21 heavy (non-hydrogen) atoms. The van der Waals surface area contributed by atoms with Crippen molar-refractivity contribution in [1.82, 2.24) is 5.32 Å². The van der Waals surface area contributed by atoms with Crippen molar-refractivity contribution >= 4 is 17.7 Å². The zero-order valence-electron chi connectivity index (χ0n) is 12.8. The highest BCUT2D eigenvalue weighted by atomic mass is 16.6. The quantitative estimate of drug-likeness (QED) is 0.931. The van der Waals surface area contributed by atoms with E-state index in [-0.39, 0.29) is 5.91 Å². The fraction of sp³-hybridized carbons (Fsp3) is 0.500. The number of anilines is 1. The first-order chi connectivity index (χ1) is 9.85. The first kappa shape index (κ1) is 15.4. The van der Waals surface area contributed by atoms with Crippen LogP contribution in [0.3, 0.4) is 0 Å². The molecule has 5 heteroatoms. The van der Waals surface area contributed by atoms with Gasteiger partial charge in [-0.25, -0.2) is 4.79 Å². The van der Waals surface area contributed by atoms with Crippen LogP contribution in [-0.2, 0) is 16.1 Å². The molecule has 0 aliphatic carbocycles. The molecule has 0 aromatic heterocycles. The Labute approximate surface area is 125 Å². The van der Waals surface area contributed by atoms with Crippen molar-refractivity contribution in [2.75, 3.05) is 11.4 Å². The molecule has 0 spiro atoms. The van der Waals surface area contributed by atoms with Gasteiger partial charge in [-0.1, -0.05) is 12.1 Å². The van der Waals surface area contributed by atoms with Crippen LogP contribution in [0.25, 0.3) is 0 Å². The number of nitrogens with zero attached hydrogens (tertiary/aromatic N) is 1. The van der Waals surface area contributed by atoms with Crippen molar-refractivity contribution in [3.63, 3.8) is 0 Å². The third kappa shape index (κ3) is 4.48. The molecule has 1 aromatic rings. The van der Waals surface area contributed by atoms with E-state index in [9.17, 15) is 9.59 Å². The number of rotatable bonds is 3. The number of carbonyl (C=O) groups excluding carboxylic acids is 2. The molecule has 0 bridgehead atoms. The van der Waals surface area contributed by atoms with E-state index < -0.39 is 11.7 Å². The Hall–Kier alpha value is -2.04. The monoisotopic (exact) mass is 290 g/mol. The van der Waals surface area contributed by atoms with Gasteiger partial charge in [0.2, 0.25) is 5.91 Å². The van der Waals surface area contributed by atoms with Crippen LogP contribution in [0, 0.1) is 0 Å². The molecule has 0 saturated carbocycles. The smallest absolute Gasteiger partial charge is 0.407 e. The fourth-order valence-corrected chi connectivity index (χ4v) is 2.24. The molecule has 1 heterocycles. The molecular weight excluding hydrogens is 268 g/mol. The van der Waals surface area contributed by atoms with Crippen LogP contribution in [0.5, 0.6) is 0 Å². The summed E-state index contributed by atoms with van der Waals surface area (Å²) in [5.41, 5.74) is 1.33.